The maximum Gasteiger partial charge on any atom is 0.332 e. The predicted molar refractivity (Wildman–Crippen MR) is 72.9 cm³/mol. The van der Waals surface area contributed by atoms with Gasteiger partial charge in [0.25, 0.3) is 0 Å². The fraction of sp³-hybridized carbons (Fsp3) is 0.385. The highest BCUT2D eigenvalue weighted by atomic mass is 19.1. The van der Waals surface area contributed by atoms with E-state index in [1.807, 2.05) is 17.9 Å². The maximum atomic E-state index is 14.1. The molecule has 1 aromatic rings. The molecule has 1 aliphatic rings. The van der Waals surface area contributed by atoms with Crippen molar-refractivity contribution in [3.8, 4) is 0 Å². The number of nitrogens with two attached hydrogens (primary N) is 1. The minimum absolute atomic E-state index is 0.270. The third kappa shape index (κ3) is 3.21. The number of carbonyl (C=O) groups excluding carboxylic acids is 1. The van der Waals surface area contributed by atoms with Crippen molar-refractivity contribution < 1.29 is 9.18 Å². The second-order valence-corrected chi connectivity index (χ2v) is 4.59. The first kappa shape index (κ1) is 13.3. The van der Waals surface area contributed by atoms with Crippen LogP contribution in [0.2, 0.25) is 0 Å². The molecule has 2 rings (SSSR count). The number of anilines is 1. The van der Waals surface area contributed by atoms with Crippen molar-refractivity contribution in [2.45, 2.75) is 19.8 Å². The van der Waals surface area contributed by atoms with Crippen LogP contribution in [0.4, 0.5) is 14.9 Å². The summed E-state index contributed by atoms with van der Waals surface area (Å²) in [6, 6.07) is 2.49. The monoisotopic (exact) mass is 264 g/mol. The molecule has 0 spiro atoms. The highest BCUT2D eigenvalue weighted by molar-refractivity contribution is 5.84. The quantitative estimate of drug-likeness (QED) is 0.644. The molecular formula is C13H17FN4O. The van der Waals surface area contributed by atoms with Crippen molar-refractivity contribution >= 4 is 17.9 Å². The molecule has 6 heteroatoms. The fourth-order valence-corrected chi connectivity index (χ4v) is 2.19. The zero-order valence-electron chi connectivity index (χ0n) is 10.8. The third-order valence-electron chi connectivity index (χ3n) is 3.16. The SMILES string of the molecule is Cc1cc(N2CCCC2)c(F)cc1C=NNC(N)=O. The highest BCUT2D eigenvalue weighted by Gasteiger charge is 2.17. The number of benzene rings is 1. The van der Waals surface area contributed by atoms with Crippen molar-refractivity contribution in [1.29, 1.82) is 0 Å². The van der Waals surface area contributed by atoms with Crippen molar-refractivity contribution in [2.75, 3.05) is 18.0 Å². The molecule has 0 saturated carbocycles. The first-order chi connectivity index (χ1) is 9.08. The lowest BCUT2D eigenvalue weighted by Gasteiger charge is -2.19. The standard InChI is InChI=1S/C13H17FN4O/c1-9-6-12(18-4-2-3-5-18)11(14)7-10(9)8-16-17-13(15)19/h6-8H,2-5H2,1H3,(H3,15,17,19). The number of urea groups is 1. The molecule has 1 fully saturated rings. The molecule has 1 aromatic carbocycles. The number of nitrogens with zero attached hydrogens (tertiary/aromatic N) is 2. The molecule has 19 heavy (non-hydrogen) atoms. The number of hydrogen-bond acceptors (Lipinski definition) is 3. The molecule has 0 radical (unpaired) electrons. The minimum atomic E-state index is -0.747. The van der Waals surface area contributed by atoms with Gasteiger partial charge in [0.1, 0.15) is 5.82 Å². The summed E-state index contributed by atoms with van der Waals surface area (Å²) in [5.41, 5.74) is 9.13. The molecule has 0 unspecified atom stereocenters. The van der Waals surface area contributed by atoms with E-state index in [-0.39, 0.29) is 5.82 Å². The van der Waals surface area contributed by atoms with Crippen LogP contribution in [0.5, 0.6) is 0 Å². The Labute approximate surface area is 111 Å². The summed E-state index contributed by atoms with van der Waals surface area (Å²) < 4.78 is 14.1. The second-order valence-electron chi connectivity index (χ2n) is 4.59. The van der Waals surface area contributed by atoms with E-state index in [1.54, 1.807) is 0 Å². The summed E-state index contributed by atoms with van der Waals surface area (Å²) in [6.45, 7) is 3.67. The Balaban J connectivity index is 2.21. The first-order valence-electron chi connectivity index (χ1n) is 6.21. The zero-order valence-corrected chi connectivity index (χ0v) is 10.8. The van der Waals surface area contributed by atoms with E-state index in [0.717, 1.165) is 31.5 Å². The number of amides is 2. The Kier molecular flexibility index (Phi) is 3.99. The first-order valence-corrected chi connectivity index (χ1v) is 6.21. The van der Waals surface area contributed by atoms with Gasteiger partial charge in [0.05, 0.1) is 11.9 Å². The van der Waals surface area contributed by atoms with Gasteiger partial charge in [-0.3, -0.25) is 0 Å². The highest BCUT2D eigenvalue weighted by Crippen LogP contribution is 2.26. The second kappa shape index (κ2) is 5.69. The van der Waals surface area contributed by atoms with Crippen molar-refractivity contribution in [1.82, 2.24) is 5.43 Å². The Bertz CT molecular complexity index is 510. The lowest BCUT2D eigenvalue weighted by atomic mass is 10.1. The van der Waals surface area contributed by atoms with Crippen LogP contribution in [0.25, 0.3) is 0 Å². The topological polar surface area (TPSA) is 70.7 Å². The van der Waals surface area contributed by atoms with Gasteiger partial charge in [-0.2, -0.15) is 5.10 Å². The summed E-state index contributed by atoms with van der Waals surface area (Å²) in [5.74, 6) is -0.270. The lowest BCUT2D eigenvalue weighted by molar-refractivity contribution is 0.249. The van der Waals surface area contributed by atoms with Gasteiger partial charge in [-0.1, -0.05) is 0 Å². The summed E-state index contributed by atoms with van der Waals surface area (Å²) in [7, 11) is 0. The van der Waals surface area contributed by atoms with Gasteiger partial charge in [-0.25, -0.2) is 14.6 Å². The number of rotatable bonds is 3. The van der Waals surface area contributed by atoms with Gasteiger partial charge in [-0.05, 0) is 37.5 Å². The van der Waals surface area contributed by atoms with Crippen LogP contribution in [-0.4, -0.2) is 25.3 Å². The maximum absolute atomic E-state index is 14.1. The Morgan fingerprint density at radius 3 is 2.79 bits per heavy atom. The molecule has 0 aliphatic carbocycles. The van der Waals surface area contributed by atoms with E-state index in [9.17, 15) is 9.18 Å². The van der Waals surface area contributed by atoms with Crippen LogP contribution < -0.4 is 16.1 Å². The average molecular weight is 264 g/mol. The largest absolute Gasteiger partial charge is 0.369 e. The van der Waals surface area contributed by atoms with Crippen molar-refractivity contribution in [3.05, 3.63) is 29.1 Å². The summed E-state index contributed by atoms with van der Waals surface area (Å²) in [4.78, 5) is 12.5. The molecule has 102 valence electrons. The smallest absolute Gasteiger partial charge is 0.332 e. The van der Waals surface area contributed by atoms with Gasteiger partial charge in [0.15, 0.2) is 0 Å². The Morgan fingerprint density at radius 2 is 2.16 bits per heavy atom. The third-order valence-corrected chi connectivity index (χ3v) is 3.16. The van der Waals surface area contributed by atoms with Crippen LogP contribution in [-0.2, 0) is 0 Å². The van der Waals surface area contributed by atoms with Crippen LogP contribution in [0, 0.1) is 12.7 Å². The summed E-state index contributed by atoms with van der Waals surface area (Å²) >= 11 is 0. The Morgan fingerprint density at radius 1 is 1.47 bits per heavy atom. The number of primary amides is 1. The van der Waals surface area contributed by atoms with Gasteiger partial charge >= 0.3 is 6.03 Å². The molecule has 0 bridgehead atoms. The average Bonchev–Trinajstić information content (AvgIpc) is 2.86. The molecule has 0 atom stereocenters. The number of carbonyl (C=O) groups is 1. The molecule has 3 N–H and O–H groups in total. The number of hydrazone groups is 1. The van der Waals surface area contributed by atoms with E-state index in [1.165, 1.54) is 12.3 Å². The van der Waals surface area contributed by atoms with Crippen LogP contribution in [0.3, 0.4) is 0 Å². The van der Waals surface area contributed by atoms with Crippen molar-refractivity contribution in [3.63, 3.8) is 0 Å². The van der Waals surface area contributed by atoms with Gasteiger partial charge in [0, 0.05) is 18.7 Å². The number of hydrogen-bond donors (Lipinski definition) is 2. The molecule has 1 heterocycles. The van der Waals surface area contributed by atoms with E-state index in [2.05, 4.69) is 10.5 Å². The van der Waals surface area contributed by atoms with E-state index >= 15 is 0 Å². The minimum Gasteiger partial charge on any atom is -0.369 e. The van der Waals surface area contributed by atoms with Crippen LogP contribution >= 0.6 is 0 Å². The van der Waals surface area contributed by atoms with Crippen molar-refractivity contribution in [2.24, 2.45) is 10.8 Å². The van der Waals surface area contributed by atoms with E-state index in [0.29, 0.717) is 11.3 Å². The number of nitrogens with one attached hydrogen (secondary N) is 1. The van der Waals surface area contributed by atoms with E-state index < -0.39 is 6.03 Å². The Hall–Kier alpha value is -2.11. The van der Waals surface area contributed by atoms with Crippen LogP contribution in [0.1, 0.15) is 24.0 Å². The summed E-state index contributed by atoms with van der Waals surface area (Å²) in [5, 5.41) is 3.64. The lowest BCUT2D eigenvalue weighted by Crippen LogP contribution is -2.24. The van der Waals surface area contributed by atoms with Gasteiger partial charge in [-0.15, -0.1) is 0 Å². The molecular weight excluding hydrogens is 247 g/mol. The molecule has 1 saturated heterocycles. The molecule has 0 aromatic heterocycles. The molecule has 2 amide bonds. The van der Waals surface area contributed by atoms with Crippen LogP contribution in [0.15, 0.2) is 17.2 Å². The predicted octanol–water partition coefficient (Wildman–Crippen LogP) is 1.74. The van der Waals surface area contributed by atoms with Gasteiger partial charge in [0.2, 0.25) is 0 Å². The zero-order chi connectivity index (χ0) is 13.8. The number of aryl methyl sites for hydroxylation is 1. The fourth-order valence-electron chi connectivity index (χ4n) is 2.19. The van der Waals surface area contributed by atoms with E-state index in [4.69, 9.17) is 5.73 Å². The normalized spacial score (nSPS) is 15.2. The molecule has 1 aliphatic heterocycles. The molecule has 5 nitrogen and oxygen atoms in total. The number of halogens is 1. The summed E-state index contributed by atoms with van der Waals surface area (Å²) in [6.07, 6.45) is 3.59. The van der Waals surface area contributed by atoms with Gasteiger partial charge < -0.3 is 10.6 Å².